The van der Waals surface area contributed by atoms with E-state index in [1.165, 1.54) is 31.2 Å². The van der Waals surface area contributed by atoms with Gasteiger partial charge < -0.3 is 15.0 Å². The molecule has 2 aromatic rings. The van der Waals surface area contributed by atoms with Gasteiger partial charge in [0, 0.05) is 23.5 Å². The first kappa shape index (κ1) is 20.5. The third kappa shape index (κ3) is 3.75. The predicted molar refractivity (Wildman–Crippen MR) is 118 cm³/mol. The number of aryl methyl sites for hydroxylation is 1. The number of nitrogens with zero attached hydrogens (tertiary/aromatic N) is 3. The summed E-state index contributed by atoms with van der Waals surface area (Å²) in [6.45, 7) is 4.18. The molecule has 5 rings (SSSR count). The SMILES string of the molecule is CCNC(=O)OCCn1nc([C@H]2CCCN2C2CCC2)c2c3c(c(=O)[nH]c21)CCCC3. The van der Waals surface area contributed by atoms with Crippen LogP contribution < -0.4 is 10.9 Å². The van der Waals surface area contributed by atoms with Crippen LogP contribution >= 0.6 is 0 Å². The summed E-state index contributed by atoms with van der Waals surface area (Å²) in [4.78, 5) is 30.3. The molecule has 2 N–H and O–H groups in total. The number of rotatable bonds is 6. The van der Waals surface area contributed by atoms with Crippen molar-refractivity contribution in [3.8, 4) is 0 Å². The van der Waals surface area contributed by atoms with Gasteiger partial charge in [0.05, 0.1) is 18.3 Å². The van der Waals surface area contributed by atoms with E-state index in [1.807, 2.05) is 11.6 Å². The zero-order chi connectivity index (χ0) is 21.4. The van der Waals surface area contributed by atoms with Crippen LogP contribution in [0.4, 0.5) is 4.79 Å². The summed E-state index contributed by atoms with van der Waals surface area (Å²) in [6, 6.07) is 0.989. The lowest BCUT2D eigenvalue weighted by Gasteiger charge is -2.38. The second kappa shape index (κ2) is 8.65. The number of aromatic amines is 1. The summed E-state index contributed by atoms with van der Waals surface area (Å²) >= 11 is 0. The molecular weight excluding hydrogens is 394 g/mol. The van der Waals surface area contributed by atoms with Crippen LogP contribution in [0, 0.1) is 0 Å². The molecule has 8 heteroatoms. The van der Waals surface area contributed by atoms with Crippen LogP contribution in [-0.4, -0.2) is 51.5 Å². The molecule has 3 aliphatic rings. The van der Waals surface area contributed by atoms with E-state index in [-0.39, 0.29) is 12.2 Å². The quantitative estimate of drug-likeness (QED) is 0.739. The number of carbonyl (C=O) groups is 1. The number of ether oxygens (including phenoxy) is 1. The fourth-order valence-corrected chi connectivity index (χ4v) is 5.57. The third-order valence-electron chi connectivity index (χ3n) is 7.27. The maximum atomic E-state index is 12.9. The number of amides is 1. The number of hydrogen-bond acceptors (Lipinski definition) is 5. The summed E-state index contributed by atoms with van der Waals surface area (Å²) in [5.74, 6) is 0. The Morgan fingerprint density at radius 2 is 1.97 bits per heavy atom. The van der Waals surface area contributed by atoms with Gasteiger partial charge in [-0.05, 0) is 70.4 Å². The molecule has 0 aromatic carbocycles. The van der Waals surface area contributed by atoms with Gasteiger partial charge in [0.15, 0.2) is 0 Å². The molecule has 31 heavy (non-hydrogen) atoms. The van der Waals surface area contributed by atoms with E-state index >= 15 is 0 Å². The smallest absolute Gasteiger partial charge is 0.407 e. The highest BCUT2D eigenvalue weighted by Gasteiger charge is 2.38. The van der Waals surface area contributed by atoms with Crippen LogP contribution in [0.5, 0.6) is 0 Å². The Labute approximate surface area is 182 Å². The van der Waals surface area contributed by atoms with Crippen molar-refractivity contribution in [2.45, 2.75) is 83.3 Å². The number of H-pyrrole nitrogens is 1. The van der Waals surface area contributed by atoms with Crippen LogP contribution in [0.15, 0.2) is 4.79 Å². The Kier molecular flexibility index (Phi) is 5.73. The molecule has 1 saturated heterocycles. The molecule has 8 nitrogen and oxygen atoms in total. The molecule has 168 valence electrons. The largest absolute Gasteiger partial charge is 0.448 e. The van der Waals surface area contributed by atoms with Crippen molar-refractivity contribution in [3.05, 3.63) is 27.2 Å². The Bertz CT molecular complexity index is 1020. The Balaban J connectivity index is 1.54. The van der Waals surface area contributed by atoms with Crippen LogP contribution in [0.2, 0.25) is 0 Å². The average molecular weight is 428 g/mol. The highest BCUT2D eigenvalue weighted by molar-refractivity contribution is 5.84. The number of likely N-dealkylation sites (tertiary alicyclic amines) is 1. The molecule has 2 aromatic heterocycles. The number of aromatic nitrogens is 3. The van der Waals surface area contributed by atoms with Gasteiger partial charge in [-0.2, -0.15) is 5.10 Å². The lowest BCUT2D eigenvalue weighted by Crippen LogP contribution is -2.39. The van der Waals surface area contributed by atoms with Crippen molar-refractivity contribution < 1.29 is 9.53 Å². The number of alkyl carbamates (subject to hydrolysis) is 1. The zero-order valence-corrected chi connectivity index (χ0v) is 18.4. The van der Waals surface area contributed by atoms with Gasteiger partial charge in [0.2, 0.25) is 0 Å². The number of nitrogens with one attached hydrogen (secondary N) is 2. The van der Waals surface area contributed by atoms with E-state index in [4.69, 9.17) is 9.84 Å². The van der Waals surface area contributed by atoms with Gasteiger partial charge in [0.1, 0.15) is 12.3 Å². The molecule has 3 heterocycles. The van der Waals surface area contributed by atoms with Gasteiger partial charge in [-0.1, -0.05) is 6.42 Å². The fourth-order valence-electron chi connectivity index (χ4n) is 5.57. The Morgan fingerprint density at radius 3 is 2.71 bits per heavy atom. The molecule has 0 unspecified atom stereocenters. The second-order valence-electron chi connectivity index (χ2n) is 9.10. The van der Waals surface area contributed by atoms with Gasteiger partial charge in [-0.15, -0.1) is 0 Å². The maximum Gasteiger partial charge on any atom is 0.407 e. The van der Waals surface area contributed by atoms with E-state index in [9.17, 15) is 9.59 Å². The standard InChI is InChI=1S/C23H33N5O3/c1-2-24-23(30)31-14-13-28-21-19(16-9-3-4-10-17(16)22(29)25-21)20(26-28)18-11-6-12-27(18)15-7-5-8-15/h15,18H,2-14H2,1H3,(H,24,30)(H,25,29)/t18-/m1/s1. The lowest BCUT2D eigenvalue weighted by atomic mass is 9.88. The van der Waals surface area contributed by atoms with Crippen molar-refractivity contribution in [2.75, 3.05) is 19.7 Å². The molecule has 1 saturated carbocycles. The summed E-state index contributed by atoms with van der Waals surface area (Å²) in [5, 5.41) is 8.85. The minimum absolute atomic E-state index is 0.0156. The monoisotopic (exact) mass is 427 g/mol. The topological polar surface area (TPSA) is 92.2 Å². The summed E-state index contributed by atoms with van der Waals surface area (Å²) in [5.41, 5.74) is 4.08. The third-order valence-corrected chi connectivity index (χ3v) is 7.27. The van der Waals surface area contributed by atoms with Crippen molar-refractivity contribution in [1.29, 1.82) is 0 Å². The first-order valence-corrected chi connectivity index (χ1v) is 12.0. The van der Waals surface area contributed by atoms with Gasteiger partial charge >= 0.3 is 6.09 Å². The Morgan fingerprint density at radius 1 is 1.16 bits per heavy atom. The summed E-state index contributed by atoms with van der Waals surface area (Å²) in [7, 11) is 0. The minimum atomic E-state index is -0.419. The highest BCUT2D eigenvalue weighted by Crippen LogP contribution is 2.42. The number of fused-ring (bicyclic) bond motifs is 3. The fraction of sp³-hybridized carbons (Fsp3) is 0.696. The minimum Gasteiger partial charge on any atom is -0.448 e. The maximum absolute atomic E-state index is 12.9. The van der Waals surface area contributed by atoms with Crippen LogP contribution in [0.1, 0.15) is 74.7 Å². The number of hydrogen-bond donors (Lipinski definition) is 2. The zero-order valence-electron chi connectivity index (χ0n) is 18.4. The molecule has 1 atom stereocenters. The average Bonchev–Trinajstić information content (AvgIpc) is 3.32. The van der Waals surface area contributed by atoms with Crippen LogP contribution in [-0.2, 0) is 24.1 Å². The second-order valence-corrected chi connectivity index (χ2v) is 9.10. The van der Waals surface area contributed by atoms with Crippen molar-refractivity contribution in [3.63, 3.8) is 0 Å². The lowest BCUT2D eigenvalue weighted by molar-refractivity contribution is 0.112. The molecule has 2 aliphatic carbocycles. The first-order valence-electron chi connectivity index (χ1n) is 12.0. The summed E-state index contributed by atoms with van der Waals surface area (Å²) in [6.07, 6.45) is 9.77. The molecular formula is C23H33N5O3. The van der Waals surface area contributed by atoms with Crippen LogP contribution in [0.3, 0.4) is 0 Å². The van der Waals surface area contributed by atoms with E-state index in [0.29, 0.717) is 25.2 Å². The van der Waals surface area contributed by atoms with Gasteiger partial charge in [0.25, 0.3) is 5.56 Å². The van der Waals surface area contributed by atoms with E-state index in [1.54, 1.807) is 0 Å². The van der Waals surface area contributed by atoms with E-state index < -0.39 is 6.09 Å². The molecule has 0 bridgehead atoms. The molecule has 0 radical (unpaired) electrons. The molecule has 1 amide bonds. The normalized spacial score (nSPS) is 21.8. The van der Waals surface area contributed by atoms with Gasteiger partial charge in [-0.25, -0.2) is 9.48 Å². The van der Waals surface area contributed by atoms with Gasteiger partial charge in [-0.3, -0.25) is 9.69 Å². The van der Waals surface area contributed by atoms with Crippen molar-refractivity contribution in [2.24, 2.45) is 0 Å². The molecule has 0 spiro atoms. The van der Waals surface area contributed by atoms with Crippen LogP contribution in [0.25, 0.3) is 11.0 Å². The Hall–Kier alpha value is -2.35. The van der Waals surface area contributed by atoms with E-state index in [0.717, 1.165) is 60.9 Å². The van der Waals surface area contributed by atoms with Crippen molar-refractivity contribution in [1.82, 2.24) is 25.0 Å². The van der Waals surface area contributed by atoms with Crippen molar-refractivity contribution >= 4 is 17.1 Å². The highest BCUT2D eigenvalue weighted by atomic mass is 16.5. The number of carbonyl (C=O) groups excluding carboxylic acids is 1. The molecule has 1 aliphatic heterocycles. The first-order chi connectivity index (χ1) is 15.2. The predicted octanol–water partition coefficient (Wildman–Crippen LogP) is 3.04. The number of pyridine rings is 1. The van der Waals surface area contributed by atoms with E-state index in [2.05, 4.69) is 15.2 Å². The summed E-state index contributed by atoms with van der Waals surface area (Å²) < 4.78 is 7.14. The molecule has 2 fully saturated rings.